The number of terminal acetylenes is 1. The molecule has 8 aromatic carbocycles. The second-order valence-electron chi connectivity index (χ2n) is 30.7. The van der Waals surface area contributed by atoms with E-state index in [-0.39, 0.29) is 175 Å². The number of imide groups is 1. The number of nitrogens with one attached hydrogen (secondary N) is 5. The number of rotatable bonds is 34. The summed E-state index contributed by atoms with van der Waals surface area (Å²) in [7, 11) is 0. The number of ether oxygens (including phenoxy) is 2. The van der Waals surface area contributed by atoms with E-state index >= 15 is 0 Å². The fourth-order valence-corrected chi connectivity index (χ4v) is 14.3. The van der Waals surface area contributed by atoms with Crippen LogP contribution < -0.4 is 146 Å². The Labute approximate surface area is 985 Å². The number of nitrogens with two attached hydrogens (primary N) is 2. The third-order valence-corrected chi connectivity index (χ3v) is 21.4. The molecule has 0 atom stereocenters. The van der Waals surface area contributed by atoms with Crippen LogP contribution in [0.3, 0.4) is 0 Å². The van der Waals surface area contributed by atoms with E-state index in [9.17, 15) is 106 Å². The van der Waals surface area contributed by atoms with Gasteiger partial charge in [0.1, 0.15) is 17.5 Å². The van der Waals surface area contributed by atoms with Gasteiger partial charge in [0, 0.05) is 152 Å². The average Bonchev–Trinajstić information content (AvgIpc) is 1.62. The summed E-state index contributed by atoms with van der Waals surface area (Å²) < 4.78 is 155. The Morgan fingerprint density at radius 2 is 0.811 bits per heavy atom. The summed E-state index contributed by atoms with van der Waals surface area (Å²) in [5.41, 5.74) is 16.7. The van der Waals surface area contributed by atoms with Crippen molar-refractivity contribution in [3.63, 3.8) is 0 Å². The number of amides is 2. The minimum absolute atomic E-state index is 0. The molecular formula is C104H127Br5F12K2N8O17. The summed E-state index contributed by atoms with van der Waals surface area (Å²) >= 11 is 16.6. The molecule has 0 aromatic heterocycles. The minimum Gasteiger partial charge on any atom is -1.00 e. The number of carbonyl (C=O) groups excluding carboxylic acids is 10. The van der Waals surface area contributed by atoms with Gasteiger partial charge >= 0.3 is 133 Å². The molecule has 0 spiro atoms. The van der Waals surface area contributed by atoms with E-state index in [2.05, 4.69) is 134 Å². The SMILES string of the molecule is C.C#CC(O)(CCC)CCC.C1CCOC1.CCCC(O)(C#Cc1cccc(NCCCC(=O)C(F)(F)F)c1)CCC.CCO.CCOC(=O)C(F)(F)F.NCCNc1cccc(Br)c1.Nc1cccc(Br)c1.O=C(CCCNc1cccc(Br)c1)C(F)(F)F.O=C(CCCNc1cccc(Br)c1)C(F)(F)F.O=C1c2ccccc2C(=O)C1CCNc1cccc(Br)c1.O=CCN1C(=O)c2ccccc2C1=O.O=CO[O-].[H-].[K+].[K+]. The fraction of sp³-hybridized carbons (Fsp3) is 0.404. The summed E-state index contributed by atoms with van der Waals surface area (Å²) in [6.45, 7) is 15.7. The molecule has 806 valence electrons. The van der Waals surface area contributed by atoms with Crippen LogP contribution in [-0.2, 0) is 43.1 Å². The Morgan fingerprint density at radius 3 is 1.08 bits per heavy atom. The number of halogens is 17. The number of nitrogens with zero attached hydrogens (tertiary/aromatic N) is 1. The summed E-state index contributed by atoms with van der Waals surface area (Å²) in [6.07, 6.45) is -5.10. The number of carbonyl (C=O) groups is 10. The zero-order valence-corrected chi connectivity index (χ0v) is 96.8. The maximum absolute atomic E-state index is 12.2. The zero-order valence-electron chi connectivity index (χ0n) is 83.7. The van der Waals surface area contributed by atoms with Gasteiger partial charge in [0.05, 0.1) is 30.2 Å². The maximum atomic E-state index is 12.2. The van der Waals surface area contributed by atoms with Gasteiger partial charge in [0.25, 0.3) is 18.3 Å². The van der Waals surface area contributed by atoms with Gasteiger partial charge in [-0.25, -0.2) is 4.79 Å². The Hall–Kier alpha value is -7.63. The van der Waals surface area contributed by atoms with Gasteiger partial charge < -0.3 is 79.2 Å². The molecule has 2 aliphatic heterocycles. The van der Waals surface area contributed by atoms with Crippen molar-refractivity contribution in [3.05, 3.63) is 244 Å². The topological polar surface area (TPSA) is 398 Å². The van der Waals surface area contributed by atoms with Crippen molar-refractivity contribution in [2.45, 2.75) is 194 Å². The molecule has 44 heteroatoms. The van der Waals surface area contributed by atoms with E-state index < -0.39 is 96.2 Å². The average molecular weight is 2470 g/mol. The third-order valence-electron chi connectivity index (χ3n) is 18.9. The molecule has 1 saturated heterocycles. The number of benzene rings is 8. The van der Waals surface area contributed by atoms with Crippen molar-refractivity contribution in [1.29, 1.82) is 0 Å². The molecule has 12 N–H and O–H groups in total. The molecule has 0 saturated carbocycles. The first-order chi connectivity index (χ1) is 68.5. The fourth-order valence-electron chi connectivity index (χ4n) is 12.3. The molecule has 3 aliphatic rings. The monoisotopic (exact) mass is 2460 g/mol. The second-order valence-corrected chi connectivity index (χ2v) is 35.3. The quantitative estimate of drug-likeness (QED) is 0.00153. The van der Waals surface area contributed by atoms with E-state index in [1.165, 1.54) is 19.8 Å². The van der Waals surface area contributed by atoms with Gasteiger partial charge in [-0.15, -0.1) is 6.42 Å². The molecule has 0 bridgehead atoms. The number of hydrogen-bond donors (Lipinski definition) is 10. The van der Waals surface area contributed by atoms with E-state index in [0.29, 0.717) is 85.2 Å². The summed E-state index contributed by atoms with van der Waals surface area (Å²) in [6, 6.07) is 58.7. The van der Waals surface area contributed by atoms with Crippen molar-refractivity contribution in [3.8, 4) is 24.2 Å². The molecule has 2 heterocycles. The Morgan fingerprint density at radius 1 is 0.493 bits per heavy atom. The molecular weight excluding hydrogens is 2340 g/mol. The van der Waals surface area contributed by atoms with Crippen LogP contribution in [-0.4, -0.2) is 188 Å². The van der Waals surface area contributed by atoms with Crippen LogP contribution in [0.5, 0.6) is 0 Å². The Balaban J connectivity index is -0.000000522. The molecule has 148 heavy (non-hydrogen) atoms. The van der Waals surface area contributed by atoms with E-state index in [1.54, 1.807) is 85.8 Å². The molecule has 25 nitrogen and oxygen atoms in total. The Kier molecular flexibility index (Phi) is 82.2. The van der Waals surface area contributed by atoms with Crippen LogP contribution in [0.15, 0.2) is 216 Å². The predicted octanol–water partition coefficient (Wildman–Crippen LogP) is 17.6. The number of aliphatic hydroxyl groups is 3. The molecule has 1 fully saturated rings. The number of aliphatic hydroxyl groups excluding tert-OH is 1. The molecule has 11 rings (SSSR count). The normalized spacial score (nSPS) is 11.7. The number of alkyl halides is 12. The number of hydrogen-bond acceptors (Lipinski definition) is 24. The number of fused-ring (bicyclic) bond motifs is 2. The predicted molar refractivity (Wildman–Crippen MR) is 561 cm³/mol. The van der Waals surface area contributed by atoms with Crippen molar-refractivity contribution >= 4 is 173 Å². The number of aldehydes is 1. The smallest absolute Gasteiger partial charge is 1.00 e. The van der Waals surface area contributed by atoms with Crippen LogP contribution in [0.2, 0.25) is 0 Å². The first-order valence-corrected chi connectivity index (χ1v) is 49.5. The van der Waals surface area contributed by atoms with Crippen LogP contribution in [0, 0.1) is 30.1 Å². The van der Waals surface area contributed by atoms with Gasteiger partial charge in [-0.2, -0.15) is 52.7 Å². The number of Topliss-reactive ketones (excluding diaryl/α,β-unsaturated/α-hetero) is 5. The van der Waals surface area contributed by atoms with Crippen LogP contribution >= 0.6 is 79.6 Å². The van der Waals surface area contributed by atoms with Crippen molar-refractivity contribution in [1.82, 2.24) is 4.90 Å². The summed E-state index contributed by atoms with van der Waals surface area (Å²) in [4.78, 5) is 112. The molecule has 2 amide bonds. The standard InChI is InChI=1S/C20H26F3NO2.C17H14BrNO2.2C11H11BrF3NO.C10H7NO3.C9H16O.C8H11BrN2.C6H6BrN.C4H5F3O2.C4H8O.C2H6O.CH2O3.CH4.2K.H/c1-3-11-19(26,12-4-2)13-10-16-7-5-8-17(15-16)24-14-6-9-18(25)20(21,22)23;18-11-4-3-5-12(10-11)19-9-8-15-16(20)13-6-1-2-7-14(13)17(15)21;2*12-8-3-1-4-9(7-8)16-6-2-5-10(17)11(13,14)15;12-6-5-11-9(13)7-3-1-2-4-8(7)10(11)14;1-4-7-9(10,6-3)8-5-2;9-7-2-1-3-8(6-7)11-5-4-10;7-5-2-1-3-6(8)4-5;1-2-9-3(8)4(5,6)7;1-2-4-5-3-1;1-2-3;2-1-4-3;;;;/h5,7-8,15,24,26H,3-4,6,9,11-12,14H2,1-2H3;1-7,10,15,19H,8-9H2;2*1,3-4,7,16H,2,5-6H2;1-4,6H,5H2;3,10H,4-5,7-8H2,1-2H3;1-3,6,11H,4-5,10H2;1-4H,8H2;2H2,1H3;1-4H2;3H,2H2,1H3;1,3H;1H4;;;/q;;;;;;;;;;;;;2*+1;-1/p-1. The van der Waals surface area contributed by atoms with Crippen LogP contribution in [0.4, 0.5) is 86.8 Å². The number of nitrogen functional groups attached to an aromatic ring is 1. The largest absolute Gasteiger partial charge is 1.00 e. The second kappa shape index (κ2) is 82.9. The van der Waals surface area contributed by atoms with E-state index in [1.807, 2.05) is 143 Å². The summed E-state index contributed by atoms with van der Waals surface area (Å²) in [5.74, 6) is -0.239. The van der Waals surface area contributed by atoms with E-state index in [0.717, 1.165) is 114 Å². The van der Waals surface area contributed by atoms with Gasteiger partial charge in [-0.3, -0.25) is 43.3 Å². The molecule has 0 unspecified atom stereocenters. The van der Waals surface area contributed by atoms with Gasteiger partial charge in [0.15, 0.2) is 11.6 Å². The maximum Gasteiger partial charge on any atom is 1.00 e. The van der Waals surface area contributed by atoms with Gasteiger partial charge in [-0.1, -0.05) is 231 Å². The molecule has 1 aliphatic carbocycles. The van der Waals surface area contributed by atoms with Gasteiger partial charge in [0.2, 0.25) is 17.3 Å². The third kappa shape index (κ3) is 66.4. The van der Waals surface area contributed by atoms with Crippen LogP contribution in [0.25, 0.3) is 0 Å². The van der Waals surface area contributed by atoms with Crippen LogP contribution in [0.1, 0.15) is 207 Å². The van der Waals surface area contributed by atoms with Crippen molar-refractivity contribution in [2.24, 2.45) is 11.7 Å². The summed E-state index contributed by atoms with van der Waals surface area (Å²) in [5, 5.41) is 51.4. The zero-order chi connectivity index (χ0) is 110. The number of ketones is 5. The van der Waals surface area contributed by atoms with Crippen molar-refractivity contribution < 1.29 is 240 Å². The van der Waals surface area contributed by atoms with Gasteiger partial charge in [-0.05, 0) is 199 Å². The molecule has 8 aromatic rings. The van der Waals surface area contributed by atoms with E-state index in [4.69, 9.17) is 37.8 Å². The molecule has 0 radical (unpaired) electrons. The first kappa shape index (κ1) is 147. The number of anilines is 6. The first-order valence-electron chi connectivity index (χ1n) is 45.5. The number of esters is 1. The Bertz CT molecular complexity index is 5160. The minimum atomic E-state index is -4.85. The van der Waals surface area contributed by atoms with Crippen molar-refractivity contribution in [2.75, 3.05) is 105 Å².